The van der Waals surface area contributed by atoms with Crippen LogP contribution in [0.2, 0.25) is 0 Å². The van der Waals surface area contributed by atoms with E-state index in [1.807, 2.05) is 0 Å². The molecule has 1 heterocycles. The molecule has 1 fully saturated rings. The van der Waals surface area contributed by atoms with E-state index in [0.717, 1.165) is 0 Å². The van der Waals surface area contributed by atoms with E-state index in [1.165, 1.54) is 7.11 Å². The summed E-state index contributed by atoms with van der Waals surface area (Å²) in [6.07, 6.45) is 0.439. The molecule has 0 saturated heterocycles. The van der Waals surface area contributed by atoms with Gasteiger partial charge < -0.3 is 14.0 Å². The van der Waals surface area contributed by atoms with Crippen LogP contribution in [0, 0.1) is 10.1 Å². The molecule has 1 saturated carbocycles. The zero-order valence-electron chi connectivity index (χ0n) is 11.5. The highest BCUT2D eigenvalue weighted by Gasteiger charge is 2.53. The summed E-state index contributed by atoms with van der Waals surface area (Å²) in [4.78, 5) is 14.6. The number of methoxy groups -OCH3 is 2. The lowest BCUT2D eigenvalue weighted by Gasteiger charge is -2.07. The van der Waals surface area contributed by atoms with Crippen molar-refractivity contribution in [2.75, 3.05) is 14.2 Å². The lowest BCUT2D eigenvalue weighted by molar-refractivity contribution is -0.496. The summed E-state index contributed by atoms with van der Waals surface area (Å²) in [6, 6.07) is 4.60. The summed E-state index contributed by atoms with van der Waals surface area (Å²) in [7, 11) is 3.09. The van der Waals surface area contributed by atoms with Crippen LogP contribution in [0.3, 0.4) is 0 Å². The zero-order chi connectivity index (χ0) is 15.0. The molecule has 110 valence electrons. The van der Waals surface area contributed by atoms with Crippen molar-refractivity contribution in [3.63, 3.8) is 0 Å². The average Bonchev–Trinajstić information content (AvgIpc) is 3.17. The highest BCUT2D eigenvalue weighted by atomic mass is 16.6. The maximum atomic E-state index is 10.7. The topological polar surface area (TPSA) is 101 Å². The first-order chi connectivity index (χ1) is 10.1. The van der Waals surface area contributed by atoms with Gasteiger partial charge in [-0.1, -0.05) is 5.16 Å². The number of hydrogen-bond acceptors (Lipinski definition) is 7. The van der Waals surface area contributed by atoms with Gasteiger partial charge in [-0.05, 0) is 12.1 Å². The van der Waals surface area contributed by atoms with Crippen LogP contribution in [0.15, 0.2) is 22.7 Å². The number of nitro groups is 1. The van der Waals surface area contributed by atoms with Crippen molar-refractivity contribution in [2.45, 2.75) is 18.4 Å². The number of hydrogen-bond donors (Lipinski definition) is 0. The van der Waals surface area contributed by atoms with Crippen LogP contribution in [0.25, 0.3) is 11.4 Å². The minimum Gasteiger partial charge on any atom is -0.497 e. The van der Waals surface area contributed by atoms with Crippen molar-refractivity contribution in [1.29, 1.82) is 0 Å². The van der Waals surface area contributed by atoms with Crippen LogP contribution in [0.5, 0.6) is 11.5 Å². The molecule has 0 radical (unpaired) electrons. The van der Waals surface area contributed by atoms with E-state index in [0.29, 0.717) is 35.2 Å². The Morgan fingerprint density at radius 2 is 2.19 bits per heavy atom. The fraction of sp³-hybridized carbons (Fsp3) is 0.385. The van der Waals surface area contributed by atoms with Crippen molar-refractivity contribution < 1.29 is 18.9 Å². The molecule has 0 bridgehead atoms. The first-order valence-electron chi connectivity index (χ1n) is 6.33. The zero-order valence-corrected chi connectivity index (χ0v) is 11.5. The number of ether oxygens (including phenoxy) is 2. The van der Waals surface area contributed by atoms with Gasteiger partial charge in [-0.2, -0.15) is 4.98 Å². The number of rotatable bonds is 5. The van der Waals surface area contributed by atoms with Crippen LogP contribution in [-0.4, -0.2) is 35.3 Å². The lowest BCUT2D eigenvalue weighted by atomic mass is 10.2. The number of nitrogens with zero attached hydrogens (tertiary/aromatic N) is 3. The third-order valence-electron chi connectivity index (χ3n) is 3.44. The molecule has 0 N–H and O–H groups in total. The first-order valence-corrected chi connectivity index (χ1v) is 6.33. The van der Waals surface area contributed by atoms with Gasteiger partial charge >= 0.3 is 0 Å². The van der Waals surface area contributed by atoms with Crippen LogP contribution in [-0.2, 0) is 0 Å². The lowest BCUT2D eigenvalue weighted by Crippen LogP contribution is -2.02. The van der Waals surface area contributed by atoms with Crippen LogP contribution >= 0.6 is 0 Å². The van der Waals surface area contributed by atoms with Crippen molar-refractivity contribution in [3.8, 4) is 22.9 Å². The molecule has 8 heteroatoms. The predicted molar refractivity (Wildman–Crippen MR) is 71.0 cm³/mol. The largest absolute Gasteiger partial charge is 0.497 e. The third-order valence-corrected chi connectivity index (χ3v) is 3.44. The molecule has 2 aromatic rings. The molecule has 0 amide bonds. The van der Waals surface area contributed by atoms with Crippen LogP contribution in [0.1, 0.15) is 18.2 Å². The second-order valence-electron chi connectivity index (χ2n) is 4.72. The minimum absolute atomic E-state index is 0.287. The van der Waals surface area contributed by atoms with Gasteiger partial charge in [-0.15, -0.1) is 0 Å². The highest BCUT2D eigenvalue weighted by molar-refractivity contribution is 5.65. The summed E-state index contributed by atoms with van der Waals surface area (Å²) in [6.45, 7) is 0. The van der Waals surface area contributed by atoms with Gasteiger partial charge in [-0.25, -0.2) is 0 Å². The van der Waals surface area contributed by atoms with Gasteiger partial charge in [0.05, 0.1) is 19.8 Å². The molecule has 0 unspecified atom stereocenters. The Bertz CT molecular complexity index is 684. The second-order valence-corrected chi connectivity index (χ2v) is 4.72. The highest BCUT2D eigenvalue weighted by Crippen LogP contribution is 2.43. The SMILES string of the molecule is COc1ccc(-c2noc([C@@H]3C[C@@H]3[N+](=O)[O-])n2)c(OC)c1. The molecule has 1 aromatic heterocycles. The number of benzene rings is 1. The molecule has 0 aliphatic heterocycles. The van der Waals surface area contributed by atoms with Crippen molar-refractivity contribution in [3.05, 3.63) is 34.2 Å². The Morgan fingerprint density at radius 3 is 2.81 bits per heavy atom. The average molecular weight is 291 g/mol. The second kappa shape index (κ2) is 5.04. The van der Waals surface area contributed by atoms with Crippen LogP contribution in [0.4, 0.5) is 0 Å². The van der Waals surface area contributed by atoms with Crippen molar-refractivity contribution in [1.82, 2.24) is 10.1 Å². The monoisotopic (exact) mass is 291 g/mol. The van der Waals surface area contributed by atoms with Gasteiger partial charge in [-0.3, -0.25) is 10.1 Å². The van der Waals surface area contributed by atoms with E-state index in [2.05, 4.69) is 10.1 Å². The Morgan fingerprint density at radius 1 is 1.38 bits per heavy atom. The van der Waals surface area contributed by atoms with Gasteiger partial charge in [0.2, 0.25) is 17.8 Å². The summed E-state index contributed by atoms with van der Waals surface area (Å²) in [5.74, 6) is 1.55. The molecule has 2 atom stereocenters. The maximum Gasteiger partial charge on any atom is 0.237 e. The molecule has 0 spiro atoms. The van der Waals surface area contributed by atoms with E-state index in [4.69, 9.17) is 14.0 Å². The van der Waals surface area contributed by atoms with E-state index >= 15 is 0 Å². The van der Waals surface area contributed by atoms with Gasteiger partial charge in [0.1, 0.15) is 17.4 Å². The molecule has 1 aliphatic rings. The maximum absolute atomic E-state index is 10.7. The molecule has 8 nitrogen and oxygen atoms in total. The Kier molecular flexibility index (Phi) is 3.20. The quantitative estimate of drug-likeness (QED) is 0.612. The standard InChI is InChI=1S/C13H13N3O5/c1-19-7-3-4-8(11(5-7)20-2)12-14-13(21-15-12)9-6-10(9)16(17)18/h3-5,9-10H,6H2,1-2H3/t9-,10+/m1/s1. The summed E-state index contributed by atoms with van der Waals surface area (Å²) >= 11 is 0. The van der Waals surface area contributed by atoms with Crippen molar-refractivity contribution in [2.24, 2.45) is 0 Å². The number of aromatic nitrogens is 2. The van der Waals surface area contributed by atoms with Gasteiger partial charge in [0, 0.05) is 17.4 Å². The summed E-state index contributed by atoms with van der Waals surface area (Å²) in [5, 5.41) is 14.6. The Labute approximate surface area is 119 Å². The summed E-state index contributed by atoms with van der Waals surface area (Å²) < 4.78 is 15.5. The Hall–Kier alpha value is -2.64. The molecular weight excluding hydrogens is 278 g/mol. The third kappa shape index (κ3) is 2.39. The minimum atomic E-state index is -0.615. The van der Waals surface area contributed by atoms with E-state index in [1.54, 1.807) is 25.3 Å². The van der Waals surface area contributed by atoms with E-state index in [-0.39, 0.29) is 10.8 Å². The molecular formula is C13H13N3O5. The van der Waals surface area contributed by atoms with Gasteiger partial charge in [0.15, 0.2) is 0 Å². The van der Waals surface area contributed by atoms with Crippen LogP contribution < -0.4 is 9.47 Å². The molecule has 1 aromatic carbocycles. The van der Waals surface area contributed by atoms with E-state index < -0.39 is 6.04 Å². The predicted octanol–water partition coefficient (Wildman–Crippen LogP) is 1.89. The summed E-state index contributed by atoms with van der Waals surface area (Å²) in [5.41, 5.74) is 0.645. The first kappa shape index (κ1) is 13.3. The molecule has 21 heavy (non-hydrogen) atoms. The van der Waals surface area contributed by atoms with Crippen molar-refractivity contribution >= 4 is 0 Å². The fourth-order valence-corrected chi connectivity index (χ4v) is 2.16. The Balaban J connectivity index is 1.88. The smallest absolute Gasteiger partial charge is 0.237 e. The molecule has 3 rings (SSSR count). The fourth-order valence-electron chi connectivity index (χ4n) is 2.16. The molecule has 1 aliphatic carbocycles. The normalized spacial score (nSPS) is 20.1. The van der Waals surface area contributed by atoms with E-state index in [9.17, 15) is 10.1 Å². The van der Waals surface area contributed by atoms with Gasteiger partial charge in [0.25, 0.3) is 0 Å².